The molecule has 0 spiro atoms. The van der Waals surface area contributed by atoms with Crippen LogP contribution in [0.4, 0.5) is 0 Å². The van der Waals surface area contributed by atoms with Gasteiger partial charge in [0.25, 0.3) is 0 Å². The summed E-state index contributed by atoms with van der Waals surface area (Å²) < 4.78 is 24.3. The van der Waals surface area contributed by atoms with E-state index in [0.717, 1.165) is 31.2 Å². The molecule has 0 N–H and O–H groups in total. The molecule has 1 aromatic rings. The summed E-state index contributed by atoms with van der Waals surface area (Å²) in [5, 5.41) is 0. The molecule has 3 nitrogen and oxygen atoms in total. The highest BCUT2D eigenvalue weighted by Gasteiger charge is 2.27. The molecule has 0 unspecified atom stereocenters. The topological polar surface area (TPSA) is 51.2 Å². The Bertz CT molecular complexity index is 540. The molecule has 0 aliphatic heterocycles. The maximum absolute atomic E-state index is 12.1. The molecule has 1 aliphatic rings. The smallest absolute Gasteiger partial charge is 0.185 e. The van der Waals surface area contributed by atoms with E-state index in [2.05, 4.69) is 0 Å². The third-order valence-electron chi connectivity index (χ3n) is 3.49. The molecular weight excluding hydrogens is 248 g/mol. The van der Waals surface area contributed by atoms with Crippen molar-refractivity contribution in [2.45, 2.75) is 37.5 Å². The average molecular weight is 266 g/mol. The van der Waals surface area contributed by atoms with Crippen LogP contribution in [-0.2, 0) is 14.6 Å². The minimum absolute atomic E-state index is 0.0374. The van der Waals surface area contributed by atoms with Gasteiger partial charge in [0.15, 0.2) is 15.6 Å². The lowest BCUT2D eigenvalue weighted by molar-refractivity contribution is -0.120. The number of Topliss-reactive ketones (excluding diaryl/α,β-unsaturated/α-hetero) is 1. The van der Waals surface area contributed by atoms with Gasteiger partial charge >= 0.3 is 0 Å². The predicted molar refractivity (Wildman–Crippen MR) is 70.2 cm³/mol. The number of sulfone groups is 1. The molecule has 2 rings (SSSR count). The van der Waals surface area contributed by atoms with Gasteiger partial charge in [0, 0.05) is 5.92 Å². The Kier molecular flexibility index (Phi) is 3.85. The van der Waals surface area contributed by atoms with Gasteiger partial charge < -0.3 is 0 Å². The molecule has 1 saturated carbocycles. The van der Waals surface area contributed by atoms with Gasteiger partial charge in [0.1, 0.15) is 5.75 Å². The van der Waals surface area contributed by atoms with Crippen molar-refractivity contribution >= 4 is 15.6 Å². The van der Waals surface area contributed by atoms with Crippen LogP contribution in [-0.4, -0.2) is 20.0 Å². The van der Waals surface area contributed by atoms with Crippen molar-refractivity contribution in [2.75, 3.05) is 5.75 Å². The maximum atomic E-state index is 12.1. The monoisotopic (exact) mass is 266 g/mol. The van der Waals surface area contributed by atoms with Crippen molar-refractivity contribution in [3.8, 4) is 0 Å². The van der Waals surface area contributed by atoms with Crippen LogP contribution >= 0.6 is 0 Å². The Morgan fingerprint density at radius 2 is 1.94 bits per heavy atom. The summed E-state index contributed by atoms with van der Waals surface area (Å²) in [6.07, 6.45) is 3.78. The summed E-state index contributed by atoms with van der Waals surface area (Å²) in [5.41, 5.74) is 0.893. The molecule has 18 heavy (non-hydrogen) atoms. The van der Waals surface area contributed by atoms with Crippen molar-refractivity contribution in [2.24, 2.45) is 5.92 Å². The molecule has 4 heteroatoms. The number of hydrogen-bond donors (Lipinski definition) is 0. The second-order valence-electron chi connectivity index (χ2n) is 5.02. The highest BCUT2D eigenvalue weighted by molar-refractivity contribution is 7.92. The average Bonchev–Trinajstić information content (AvgIpc) is 2.82. The Morgan fingerprint density at radius 3 is 2.56 bits per heavy atom. The highest BCUT2D eigenvalue weighted by Crippen LogP contribution is 2.26. The number of benzene rings is 1. The Labute approximate surface area is 108 Å². The number of carbonyl (C=O) groups excluding carboxylic acids is 1. The van der Waals surface area contributed by atoms with Crippen LogP contribution in [0.5, 0.6) is 0 Å². The van der Waals surface area contributed by atoms with Gasteiger partial charge in [-0.3, -0.25) is 4.79 Å². The summed E-state index contributed by atoms with van der Waals surface area (Å²) in [5.74, 6) is -0.500. The zero-order valence-electron chi connectivity index (χ0n) is 10.6. The van der Waals surface area contributed by atoms with E-state index < -0.39 is 9.84 Å². The van der Waals surface area contributed by atoms with E-state index in [0.29, 0.717) is 0 Å². The molecule has 0 saturated heterocycles. The zero-order chi connectivity index (χ0) is 13.2. The molecule has 1 aliphatic carbocycles. The lowest BCUT2D eigenvalue weighted by Crippen LogP contribution is -2.22. The maximum Gasteiger partial charge on any atom is 0.185 e. The summed E-state index contributed by atoms with van der Waals surface area (Å²) in [4.78, 5) is 12.2. The Hall–Kier alpha value is -1.16. The lowest BCUT2D eigenvalue weighted by atomic mass is 10.0. The quantitative estimate of drug-likeness (QED) is 0.841. The first kappa shape index (κ1) is 13.3. The van der Waals surface area contributed by atoms with E-state index in [1.54, 1.807) is 18.2 Å². The van der Waals surface area contributed by atoms with Gasteiger partial charge in [-0.2, -0.15) is 0 Å². The van der Waals surface area contributed by atoms with Crippen LogP contribution < -0.4 is 0 Å². The fourth-order valence-electron chi connectivity index (χ4n) is 2.45. The van der Waals surface area contributed by atoms with E-state index in [4.69, 9.17) is 0 Å². The number of hydrogen-bond acceptors (Lipinski definition) is 3. The summed E-state index contributed by atoms with van der Waals surface area (Å²) >= 11 is 0. The van der Waals surface area contributed by atoms with E-state index in [-0.39, 0.29) is 22.3 Å². The van der Waals surface area contributed by atoms with Crippen LogP contribution in [0.2, 0.25) is 0 Å². The van der Waals surface area contributed by atoms with Gasteiger partial charge in [-0.25, -0.2) is 8.42 Å². The molecule has 0 amide bonds. The van der Waals surface area contributed by atoms with Crippen LogP contribution in [0.1, 0.15) is 31.2 Å². The van der Waals surface area contributed by atoms with Crippen LogP contribution in [0, 0.1) is 12.8 Å². The third kappa shape index (κ3) is 2.99. The van der Waals surface area contributed by atoms with Gasteiger partial charge in [0.2, 0.25) is 0 Å². The van der Waals surface area contributed by atoms with Gasteiger partial charge in [-0.1, -0.05) is 25.0 Å². The highest BCUT2D eigenvalue weighted by atomic mass is 32.2. The first-order chi connectivity index (χ1) is 8.49. The van der Waals surface area contributed by atoms with E-state index in [9.17, 15) is 13.2 Å². The lowest BCUT2D eigenvalue weighted by Gasteiger charge is -2.09. The second-order valence-corrected chi connectivity index (χ2v) is 7.01. The predicted octanol–water partition coefficient (Wildman–Crippen LogP) is 2.53. The van der Waals surface area contributed by atoms with E-state index in [1.165, 1.54) is 0 Å². The minimum Gasteiger partial charge on any atom is -0.298 e. The van der Waals surface area contributed by atoms with Crippen LogP contribution in [0.25, 0.3) is 0 Å². The van der Waals surface area contributed by atoms with Crippen molar-refractivity contribution < 1.29 is 13.2 Å². The normalized spacial score (nSPS) is 16.9. The summed E-state index contributed by atoms with van der Waals surface area (Å²) in [7, 11) is -3.47. The number of rotatable bonds is 4. The van der Waals surface area contributed by atoms with Crippen molar-refractivity contribution in [3.63, 3.8) is 0 Å². The second kappa shape index (κ2) is 5.22. The van der Waals surface area contributed by atoms with Crippen LogP contribution in [0.3, 0.4) is 0 Å². The molecule has 98 valence electrons. The van der Waals surface area contributed by atoms with E-state index >= 15 is 0 Å². The first-order valence-electron chi connectivity index (χ1n) is 6.31. The molecule has 1 aromatic carbocycles. The fraction of sp³-hybridized carbons (Fsp3) is 0.500. The Morgan fingerprint density at radius 1 is 1.28 bits per heavy atom. The van der Waals surface area contributed by atoms with Gasteiger partial charge in [-0.15, -0.1) is 0 Å². The van der Waals surface area contributed by atoms with Gasteiger partial charge in [0.05, 0.1) is 4.90 Å². The SMILES string of the molecule is Cc1cccc(S(=O)(=O)CC(=O)C2CCCC2)c1. The standard InChI is InChI=1S/C14H18O3S/c1-11-5-4-8-13(9-11)18(16,17)10-14(15)12-6-2-3-7-12/h4-5,8-9,12H,2-3,6-7,10H2,1H3. The molecule has 0 aromatic heterocycles. The van der Waals surface area contributed by atoms with Crippen LogP contribution in [0.15, 0.2) is 29.2 Å². The molecule has 0 heterocycles. The number of carbonyl (C=O) groups is 1. The zero-order valence-corrected chi connectivity index (χ0v) is 11.4. The number of ketones is 1. The van der Waals surface area contributed by atoms with Crippen molar-refractivity contribution in [1.29, 1.82) is 0 Å². The van der Waals surface area contributed by atoms with E-state index in [1.807, 2.05) is 13.0 Å². The Balaban J connectivity index is 2.14. The molecule has 0 bridgehead atoms. The van der Waals surface area contributed by atoms with Crippen molar-refractivity contribution in [1.82, 2.24) is 0 Å². The number of aryl methyl sites for hydroxylation is 1. The molecule has 1 fully saturated rings. The molecular formula is C14H18O3S. The minimum atomic E-state index is -3.47. The van der Waals surface area contributed by atoms with Gasteiger partial charge in [-0.05, 0) is 37.5 Å². The summed E-state index contributed by atoms with van der Waals surface area (Å²) in [6, 6.07) is 6.74. The largest absolute Gasteiger partial charge is 0.298 e. The first-order valence-corrected chi connectivity index (χ1v) is 7.96. The fourth-order valence-corrected chi connectivity index (χ4v) is 3.87. The molecule has 0 atom stereocenters. The summed E-state index contributed by atoms with van der Waals surface area (Å²) in [6.45, 7) is 1.85. The molecule has 0 radical (unpaired) electrons. The van der Waals surface area contributed by atoms with Crippen molar-refractivity contribution in [3.05, 3.63) is 29.8 Å². The third-order valence-corrected chi connectivity index (χ3v) is 5.13.